The lowest BCUT2D eigenvalue weighted by molar-refractivity contribution is -0.0325. The standard InChI is InChI=1S/C19H27N/c1-13-3-5-18(6-4-13)20(2)12-19-16-8-14-7-15(10-16)11-17(19)9-14/h3-6,14-17,19H,7-12H2,1-2H3. The molecule has 4 aliphatic rings. The summed E-state index contributed by atoms with van der Waals surface area (Å²) in [7, 11) is 2.29. The molecule has 5 rings (SSSR count). The summed E-state index contributed by atoms with van der Waals surface area (Å²) in [5.74, 6) is 5.24. The maximum Gasteiger partial charge on any atom is 0.0363 e. The smallest absolute Gasteiger partial charge is 0.0363 e. The largest absolute Gasteiger partial charge is 0.374 e. The van der Waals surface area contributed by atoms with Gasteiger partial charge in [-0.1, -0.05) is 17.7 Å². The van der Waals surface area contributed by atoms with Crippen LogP contribution in [0.3, 0.4) is 0 Å². The summed E-state index contributed by atoms with van der Waals surface area (Å²) in [4.78, 5) is 2.51. The third-order valence-corrected chi connectivity index (χ3v) is 6.38. The predicted molar refractivity (Wildman–Crippen MR) is 85.0 cm³/mol. The minimum Gasteiger partial charge on any atom is -0.374 e. The molecule has 0 heterocycles. The molecule has 4 fully saturated rings. The first-order chi connectivity index (χ1) is 9.69. The van der Waals surface area contributed by atoms with Gasteiger partial charge in [-0.05, 0) is 80.8 Å². The summed E-state index contributed by atoms with van der Waals surface area (Å²) in [6.45, 7) is 3.44. The van der Waals surface area contributed by atoms with Crippen LogP contribution >= 0.6 is 0 Å². The number of aryl methyl sites for hydroxylation is 1. The van der Waals surface area contributed by atoms with Crippen LogP contribution in [0.1, 0.15) is 37.7 Å². The predicted octanol–water partition coefficient (Wildman–Crippen LogP) is 4.50. The molecule has 0 atom stereocenters. The molecule has 4 saturated carbocycles. The zero-order valence-corrected chi connectivity index (χ0v) is 12.9. The zero-order valence-electron chi connectivity index (χ0n) is 12.9. The molecular weight excluding hydrogens is 242 g/mol. The van der Waals surface area contributed by atoms with Crippen LogP contribution in [0.25, 0.3) is 0 Å². The van der Waals surface area contributed by atoms with E-state index in [1.54, 1.807) is 32.1 Å². The highest BCUT2D eigenvalue weighted by molar-refractivity contribution is 5.46. The second-order valence-corrected chi connectivity index (χ2v) is 7.81. The molecule has 1 aromatic rings. The maximum absolute atomic E-state index is 2.51. The van der Waals surface area contributed by atoms with Crippen molar-refractivity contribution in [3.63, 3.8) is 0 Å². The first-order valence-corrected chi connectivity index (χ1v) is 8.47. The lowest BCUT2D eigenvalue weighted by Crippen LogP contribution is -2.48. The van der Waals surface area contributed by atoms with E-state index in [1.807, 2.05) is 0 Å². The first kappa shape index (κ1) is 12.7. The van der Waals surface area contributed by atoms with Crippen LogP contribution in [0.2, 0.25) is 0 Å². The lowest BCUT2D eigenvalue weighted by atomic mass is 9.52. The molecule has 0 radical (unpaired) electrons. The van der Waals surface area contributed by atoms with Gasteiger partial charge in [0.1, 0.15) is 0 Å². The van der Waals surface area contributed by atoms with Crippen molar-refractivity contribution in [2.24, 2.45) is 29.6 Å². The summed E-state index contributed by atoms with van der Waals surface area (Å²) >= 11 is 0. The van der Waals surface area contributed by atoms with Crippen molar-refractivity contribution in [2.75, 3.05) is 18.5 Å². The van der Waals surface area contributed by atoms with E-state index < -0.39 is 0 Å². The van der Waals surface area contributed by atoms with Crippen molar-refractivity contribution < 1.29 is 0 Å². The molecule has 0 spiro atoms. The molecule has 1 nitrogen and oxygen atoms in total. The van der Waals surface area contributed by atoms with Gasteiger partial charge in [0.05, 0.1) is 0 Å². The zero-order chi connectivity index (χ0) is 13.7. The van der Waals surface area contributed by atoms with Crippen molar-refractivity contribution >= 4 is 5.69 Å². The minimum atomic E-state index is 0.967. The van der Waals surface area contributed by atoms with E-state index in [-0.39, 0.29) is 0 Å². The van der Waals surface area contributed by atoms with Crippen LogP contribution in [0, 0.1) is 36.5 Å². The molecule has 1 aromatic carbocycles. The van der Waals surface area contributed by atoms with Crippen LogP contribution in [0.4, 0.5) is 5.69 Å². The van der Waals surface area contributed by atoms with Crippen LogP contribution in [0.5, 0.6) is 0 Å². The van der Waals surface area contributed by atoms with E-state index >= 15 is 0 Å². The topological polar surface area (TPSA) is 3.24 Å². The Bertz CT molecular complexity index is 447. The van der Waals surface area contributed by atoms with E-state index in [0.717, 1.165) is 29.6 Å². The van der Waals surface area contributed by atoms with Gasteiger partial charge < -0.3 is 4.90 Å². The minimum absolute atomic E-state index is 0.967. The highest BCUT2D eigenvalue weighted by Crippen LogP contribution is 2.56. The van der Waals surface area contributed by atoms with Gasteiger partial charge in [0, 0.05) is 19.3 Å². The Morgan fingerprint density at radius 1 is 0.900 bits per heavy atom. The Morgan fingerprint density at radius 3 is 2.00 bits per heavy atom. The molecule has 20 heavy (non-hydrogen) atoms. The Labute approximate surface area is 123 Å². The van der Waals surface area contributed by atoms with Gasteiger partial charge in [0.25, 0.3) is 0 Å². The number of anilines is 1. The second kappa shape index (κ2) is 4.79. The Hall–Kier alpha value is -0.980. The molecule has 0 saturated heterocycles. The van der Waals surface area contributed by atoms with Crippen molar-refractivity contribution in [1.82, 2.24) is 0 Å². The SMILES string of the molecule is Cc1ccc(N(C)CC2C3CC4CC(C3)CC2C4)cc1. The number of hydrogen-bond acceptors (Lipinski definition) is 1. The highest BCUT2D eigenvalue weighted by atomic mass is 15.1. The van der Waals surface area contributed by atoms with Crippen molar-refractivity contribution in [1.29, 1.82) is 0 Å². The lowest BCUT2D eigenvalue weighted by Gasteiger charge is -2.55. The fourth-order valence-corrected chi connectivity index (χ4v) is 5.56. The van der Waals surface area contributed by atoms with Gasteiger partial charge in [-0.25, -0.2) is 0 Å². The fourth-order valence-electron chi connectivity index (χ4n) is 5.56. The average Bonchev–Trinajstić information content (AvgIpc) is 2.42. The number of rotatable bonds is 3. The molecule has 0 unspecified atom stereocenters. The Kier molecular flexibility index (Phi) is 3.05. The second-order valence-electron chi connectivity index (χ2n) is 7.81. The number of hydrogen-bond donors (Lipinski definition) is 0. The molecule has 4 aliphatic carbocycles. The van der Waals surface area contributed by atoms with Crippen LogP contribution < -0.4 is 4.90 Å². The van der Waals surface area contributed by atoms with Crippen LogP contribution in [0.15, 0.2) is 24.3 Å². The summed E-state index contributed by atoms with van der Waals surface area (Å²) in [6, 6.07) is 9.04. The Morgan fingerprint density at radius 2 is 1.45 bits per heavy atom. The first-order valence-electron chi connectivity index (χ1n) is 8.47. The van der Waals surface area contributed by atoms with Crippen LogP contribution in [-0.2, 0) is 0 Å². The molecule has 4 bridgehead atoms. The number of benzene rings is 1. The van der Waals surface area contributed by atoms with E-state index in [1.165, 1.54) is 17.8 Å². The van der Waals surface area contributed by atoms with E-state index in [0.29, 0.717) is 0 Å². The van der Waals surface area contributed by atoms with Gasteiger partial charge >= 0.3 is 0 Å². The normalized spacial score (nSPS) is 38.2. The average molecular weight is 269 g/mol. The van der Waals surface area contributed by atoms with Crippen LogP contribution in [-0.4, -0.2) is 13.6 Å². The van der Waals surface area contributed by atoms with Gasteiger partial charge in [-0.3, -0.25) is 0 Å². The molecule has 0 aromatic heterocycles. The van der Waals surface area contributed by atoms with E-state index in [4.69, 9.17) is 0 Å². The molecular formula is C19H27N. The van der Waals surface area contributed by atoms with E-state index in [9.17, 15) is 0 Å². The van der Waals surface area contributed by atoms with Gasteiger partial charge in [-0.2, -0.15) is 0 Å². The van der Waals surface area contributed by atoms with Gasteiger partial charge in [-0.15, -0.1) is 0 Å². The number of nitrogens with zero attached hydrogens (tertiary/aromatic N) is 1. The molecule has 0 N–H and O–H groups in total. The van der Waals surface area contributed by atoms with Gasteiger partial charge in [0.2, 0.25) is 0 Å². The highest BCUT2D eigenvalue weighted by Gasteiger charge is 2.48. The fraction of sp³-hybridized carbons (Fsp3) is 0.684. The third-order valence-electron chi connectivity index (χ3n) is 6.38. The van der Waals surface area contributed by atoms with E-state index in [2.05, 4.69) is 43.1 Å². The molecule has 1 heteroatoms. The third kappa shape index (κ3) is 2.16. The van der Waals surface area contributed by atoms with Crippen molar-refractivity contribution in [3.05, 3.63) is 29.8 Å². The molecule has 0 amide bonds. The maximum atomic E-state index is 2.51. The summed E-state index contributed by atoms with van der Waals surface area (Å²) in [6.07, 6.45) is 7.73. The Balaban J connectivity index is 1.47. The van der Waals surface area contributed by atoms with Crippen molar-refractivity contribution in [2.45, 2.75) is 39.0 Å². The van der Waals surface area contributed by atoms with Crippen molar-refractivity contribution in [3.8, 4) is 0 Å². The molecule has 108 valence electrons. The molecule has 0 aliphatic heterocycles. The monoisotopic (exact) mass is 269 g/mol. The summed E-state index contributed by atoms with van der Waals surface area (Å²) in [5.41, 5.74) is 2.75. The van der Waals surface area contributed by atoms with Gasteiger partial charge in [0.15, 0.2) is 0 Å². The summed E-state index contributed by atoms with van der Waals surface area (Å²) < 4.78 is 0. The summed E-state index contributed by atoms with van der Waals surface area (Å²) in [5, 5.41) is 0. The quantitative estimate of drug-likeness (QED) is 0.780.